The fraction of sp³-hybridized carbons (Fsp3) is 0.188. The molecule has 132 valence electrons. The number of pyridine rings is 1. The number of carbonyl (C=O) groups excluding carboxylic acids is 1. The van der Waals surface area contributed by atoms with Gasteiger partial charge < -0.3 is 10.5 Å². The predicted molar refractivity (Wildman–Crippen MR) is 99.7 cm³/mol. The van der Waals surface area contributed by atoms with Crippen molar-refractivity contribution >= 4 is 52.1 Å². The van der Waals surface area contributed by atoms with Crippen molar-refractivity contribution in [3.63, 3.8) is 0 Å². The molecule has 1 heterocycles. The normalized spacial score (nSPS) is 11.3. The van der Waals surface area contributed by atoms with E-state index in [1.165, 1.54) is 0 Å². The third kappa shape index (κ3) is 4.54. The molecule has 0 saturated carbocycles. The van der Waals surface area contributed by atoms with E-state index in [9.17, 15) is 4.79 Å². The molecule has 1 aromatic carbocycles. The number of nitrogens with zero attached hydrogens (tertiary/aromatic N) is 1. The minimum absolute atomic E-state index is 0.0171. The number of methoxy groups -OCH3 is 1. The first kappa shape index (κ1) is 19.3. The van der Waals surface area contributed by atoms with Crippen LogP contribution < -0.4 is 20.9 Å². The molecule has 0 spiro atoms. The van der Waals surface area contributed by atoms with Gasteiger partial charge in [-0.15, -0.1) is 0 Å². The summed E-state index contributed by atoms with van der Waals surface area (Å²) in [6, 6.07) is 7.55. The monoisotopic (exact) mass is 401 g/mol. The third-order valence-corrected chi connectivity index (χ3v) is 4.50. The number of rotatable bonds is 5. The van der Waals surface area contributed by atoms with E-state index in [4.69, 9.17) is 45.3 Å². The highest BCUT2D eigenvalue weighted by Crippen LogP contribution is 2.31. The van der Waals surface area contributed by atoms with Gasteiger partial charge in [-0.05, 0) is 30.2 Å². The lowest BCUT2D eigenvalue weighted by Gasteiger charge is -2.08. The molecule has 25 heavy (non-hydrogen) atoms. The highest BCUT2D eigenvalue weighted by molar-refractivity contribution is 6.45. The van der Waals surface area contributed by atoms with Crippen LogP contribution in [0, 0.1) is 0 Å². The number of benzene rings is 1. The topological polar surface area (TPSA) is 90.8 Å². The van der Waals surface area contributed by atoms with Crippen molar-refractivity contribution in [2.45, 2.75) is 13.3 Å². The molecule has 0 saturated heterocycles. The van der Waals surface area contributed by atoms with E-state index < -0.39 is 5.91 Å². The lowest BCUT2D eigenvalue weighted by Crippen LogP contribution is -2.29. The summed E-state index contributed by atoms with van der Waals surface area (Å²) in [6.07, 6.45) is 0.505. The number of hydrogen-bond acceptors (Lipinski definition) is 4. The molecule has 2 aromatic rings. The number of H-pyrrole nitrogens is 1. The van der Waals surface area contributed by atoms with E-state index in [-0.39, 0.29) is 26.6 Å². The molecule has 0 atom stereocenters. The zero-order valence-corrected chi connectivity index (χ0v) is 15.8. The number of nitrogen functional groups attached to an aromatic ring is 1. The van der Waals surface area contributed by atoms with Gasteiger partial charge in [0.25, 0.3) is 10.8 Å². The number of anilines is 1. The molecule has 0 unspecified atom stereocenters. The highest BCUT2D eigenvalue weighted by Gasteiger charge is 2.25. The molecule has 0 aliphatic heterocycles. The number of aromatic amines is 1. The Morgan fingerprint density at radius 1 is 1.28 bits per heavy atom. The molecule has 0 aliphatic rings. The highest BCUT2D eigenvalue weighted by atomic mass is 35.5. The molecular formula is C16H16Cl3N4O2+. The van der Waals surface area contributed by atoms with E-state index in [1.807, 2.05) is 24.3 Å². The van der Waals surface area contributed by atoms with Crippen LogP contribution in [0.5, 0.6) is 5.75 Å². The van der Waals surface area contributed by atoms with Crippen molar-refractivity contribution in [1.29, 1.82) is 0 Å². The van der Waals surface area contributed by atoms with Crippen LogP contribution in [-0.4, -0.2) is 18.7 Å². The standard InChI is InChI=1S/C16H15Cl3N4O2/c1-8(7-9-5-3-4-6-10(9)25-2)22-23-16(24)14-11(17)13(20)12(18)15(19)21-14/h3-6H,7H2,1-2H3,(H2,20,21)(H,23,24)/p+1/b22-8-. The Balaban J connectivity index is 2.15. The van der Waals surface area contributed by atoms with Crippen LogP contribution in [0.4, 0.5) is 5.69 Å². The van der Waals surface area contributed by atoms with E-state index >= 15 is 0 Å². The zero-order chi connectivity index (χ0) is 18.6. The number of amides is 1. The van der Waals surface area contributed by atoms with Crippen LogP contribution in [0.2, 0.25) is 15.2 Å². The van der Waals surface area contributed by atoms with Gasteiger partial charge in [0, 0.05) is 12.1 Å². The summed E-state index contributed by atoms with van der Waals surface area (Å²) in [7, 11) is 1.60. The van der Waals surface area contributed by atoms with Crippen molar-refractivity contribution in [2.75, 3.05) is 12.8 Å². The lowest BCUT2D eigenvalue weighted by atomic mass is 10.1. The summed E-state index contributed by atoms with van der Waals surface area (Å²) < 4.78 is 5.29. The summed E-state index contributed by atoms with van der Waals surface area (Å²) in [5.74, 6) is 0.159. The lowest BCUT2D eigenvalue weighted by molar-refractivity contribution is -0.379. The number of para-hydroxylation sites is 1. The SMILES string of the molecule is COc1ccccc1C/C(C)=N\NC(=O)c1[nH+]c(Cl)c(Cl)c(N)c1Cl. The summed E-state index contributed by atoms with van der Waals surface area (Å²) in [6.45, 7) is 1.78. The average molecular weight is 403 g/mol. The Labute approximate surface area is 159 Å². The smallest absolute Gasteiger partial charge is 0.337 e. The number of nitrogens with two attached hydrogens (primary N) is 1. The average Bonchev–Trinajstić information content (AvgIpc) is 2.61. The fourth-order valence-corrected chi connectivity index (χ4v) is 2.71. The second kappa shape index (κ2) is 8.38. The molecule has 1 aromatic heterocycles. The Morgan fingerprint density at radius 2 is 1.96 bits per heavy atom. The number of nitrogens with one attached hydrogen (secondary N) is 2. The molecule has 1 amide bonds. The molecule has 2 rings (SSSR count). The maximum absolute atomic E-state index is 12.2. The first-order valence-corrected chi connectivity index (χ1v) is 8.29. The van der Waals surface area contributed by atoms with Gasteiger partial charge in [-0.3, -0.25) is 4.79 Å². The third-order valence-electron chi connectivity index (χ3n) is 3.33. The van der Waals surface area contributed by atoms with Gasteiger partial charge in [-0.25, -0.2) is 5.43 Å². The van der Waals surface area contributed by atoms with Gasteiger partial charge in [0.2, 0.25) is 0 Å². The van der Waals surface area contributed by atoms with Crippen molar-refractivity contribution in [3.8, 4) is 5.75 Å². The van der Waals surface area contributed by atoms with Crippen molar-refractivity contribution < 1.29 is 14.5 Å². The maximum Gasteiger partial charge on any atom is 0.337 e. The summed E-state index contributed by atoms with van der Waals surface area (Å²) in [4.78, 5) is 14.8. The largest absolute Gasteiger partial charge is 0.496 e. The van der Waals surface area contributed by atoms with E-state index in [1.54, 1.807) is 14.0 Å². The van der Waals surface area contributed by atoms with Crippen molar-refractivity contribution in [2.24, 2.45) is 5.10 Å². The summed E-state index contributed by atoms with van der Waals surface area (Å²) in [5, 5.41) is 4.11. The molecule has 0 fully saturated rings. The molecule has 0 radical (unpaired) electrons. The number of hydrogen-bond donors (Lipinski definition) is 2. The Hall–Kier alpha value is -2.02. The van der Waals surface area contributed by atoms with Gasteiger partial charge in [0.15, 0.2) is 0 Å². The van der Waals surface area contributed by atoms with Gasteiger partial charge in [0.05, 0.1) is 12.8 Å². The number of aromatic nitrogens is 1. The Bertz CT molecular complexity index is 840. The van der Waals surface area contributed by atoms with Crippen LogP contribution in [0.25, 0.3) is 0 Å². The molecule has 0 aliphatic carbocycles. The molecule has 4 N–H and O–H groups in total. The summed E-state index contributed by atoms with van der Waals surface area (Å²) in [5.41, 5.74) is 9.73. The van der Waals surface area contributed by atoms with Crippen LogP contribution in [0.3, 0.4) is 0 Å². The quantitative estimate of drug-likeness (QED) is 0.456. The number of halogens is 3. The van der Waals surface area contributed by atoms with Crippen molar-refractivity contribution in [1.82, 2.24) is 5.43 Å². The van der Waals surface area contributed by atoms with Crippen LogP contribution >= 0.6 is 34.8 Å². The second-order valence-corrected chi connectivity index (χ2v) is 6.27. The molecule has 6 nitrogen and oxygen atoms in total. The van der Waals surface area contributed by atoms with E-state index in [2.05, 4.69) is 15.5 Å². The van der Waals surface area contributed by atoms with Gasteiger partial charge >= 0.3 is 5.91 Å². The molecule has 0 bridgehead atoms. The van der Waals surface area contributed by atoms with Crippen LogP contribution in [-0.2, 0) is 6.42 Å². The fourth-order valence-electron chi connectivity index (χ4n) is 2.09. The number of ether oxygens (including phenoxy) is 1. The van der Waals surface area contributed by atoms with Crippen LogP contribution in [0.15, 0.2) is 29.4 Å². The van der Waals surface area contributed by atoms with Gasteiger partial charge in [-0.1, -0.05) is 41.4 Å². The Kier molecular flexibility index (Phi) is 6.47. The molecule has 9 heteroatoms. The van der Waals surface area contributed by atoms with Gasteiger partial charge in [0.1, 0.15) is 15.8 Å². The maximum atomic E-state index is 12.2. The second-order valence-electron chi connectivity index (χ2n) is 5.13. The minimum Gasteiger partial charge on any atom is -0.496 e. The van der Waals surface area contributed by atoms with E-state index in [0.717, 1.165) is 11.3 Å². The Morgan fingerprint density at radius 3 is 2.64 bits per heavy atom. The summed E-state index contributed by atoms with van der Waals surface area (Å²) >= 11 is 17.8. The predicted octanol–water partition coefficient (Wildman–Crippen LogP) is 3.40. The zero-order valence-electron chi connectivity index (χ0n) is 13.5. The minimum atomic E-state index is -0.588. The molecular weight excluding hydrogens is 387 g/mol. The first-order chi connectivity index (χ1) is 11.8. The number of carbonyl (C=O) groups is 1. The van der Waals surface area contributed by atoms with E-state index in [0.29, 0.717) is 12.1 Å². The first-order valence-electron chi connectivity index (χ1n) is 7.15. The van der Waals surface area contributed by atoms with Crippen molar-refractivity contribution in [3.05, 3.63) is 50.7 Å². The van der Waals surface area contributed by atoms with Gasteiger partial charge in [-0.2, -0.15) is 10.1 Å². The van der Waals surface area contributed by atoms with Crippen LogP contribution in [0.1, 0.15) is 23.0 Å². The number of hydrazone groups is 1.